The van der Waals surface area contributed by atoms with Gasteiger partial charge in [0.15, 0.2) is 17.2 Å². The van der Waals surface area contributed by atoms with Gasteiger partial charge in [0.05, 0.1) is 23.9 Å². The highest BCUT2D eigenvalue weighted by molar-refractivity contribution is 6.33. The van der Waals surface area contributed by atoms with Crippen molar-refractivity contribution in [3.05, 3.63) is 28.9 Å². The van der Waals surface area contributed by atoms with E-state index in [0.29, 0.717) is 41.0 Å². The van der Waals surface area contributed by atoms with Crippen LogP contribution in [-0.4, -0.2) is 34.1 Å². The average molecular weight is 309 g/mol. The van der Waals surface area contributed by atoms with E-state index < -0.39 is 5.97 Å². The highest BCUT2D eigenvalue weighted by Gasteiger charge is 2.19. The normalized spacial score (nSPS) is 13.8. The third-order valence-corrected chi connectivity index (χ3v) is 3.52. The van der Waals surface area contributed by atoms with Gasteiger partial charge in [0, 0.05) is 25.1 Å². The summed E-state index contributed by atoms with van der Waals surface area (Å²) in [5.41, 5.74) is 1.23. The molecule has 0 spiro atoms. The lowest BCUT2D eigenvalue weighted by Crippen LogP contribution is -1.99. The fourth-order valence-corrected chi connectivity index (χ4v) is 2.45. The molecule has 1 aromatic heterocycles. The minimum Gasteiger partial charge on any atom is -0.490 e. The fourth-order valence-electron chi connectivity index (χ4n) is 2.20. The van der Waals surface area contributed by atoms with E-state index in [1.807, 2.05) is 0 Å². The quantitative estimate of drug-likeness (QED) is 0.923. The Labute approximate surface area is 125 Å². The lowest BCUT2D eigenvalue weighted by Gasteiger charge is -2.11. The molecule has 3 rings (SSSR count). The Bertz CT molecular complexity index is 711. The lowest BCUT2D eigenvalue weighted by atomic mass is 10.1. The third-order valence-electron chi connectivity index (χ3n) is 3.21. The van der Waals surface area contributed by atoms with Gasteiger partial charge < -0.3 is 14.6 Å². The molecule has 0 aliphatic carbocycles. The highest BCUT2D eigenvalue weighted by atomic mass is 35.5. The van der Waals surface area contributed by atoms with Crippen molar-refractivity contribution >= 4 is 17.6 Å². The zero-order valence-corrected chi connectivity index (χ0v) is 12.1. The fraction of sp³-hybridized carbons (Fsp3) is 0.286. The van der Waals surface area contributed by atoms with Crippen LogP contribution in [0.1, 0.15) is 16.9 Å². The number of aryl methyl sites for hydroxylation is 1. The van der Waals surface area contributed by atoms with E-state index in [4.69, 9.17) is 26.2 Å². The molecule has 110 valence electrons. The summed E-state index contributed by atoms with van der Waals surface area (Å²) in [5, 5.41) is 13.4. The summed E-state index contributed by atoms with van der Waals surface area (Å²) in [6.07, 6.45) is 0.802. The Morgan fingerprint density at radius 3 is 2.57 bits per heavy atom. The molecule has 0 saturated carbocycles. The smallest absolute Gasteiger partial charge is 0.356 e. The lowest BCUT2D eigenvalue weighted by molar-refractivity contribution is 0.0689. The van der Waals surface area contributed by atoms with E-state index in [-0.39, 0.29) is 5.69 Å². The molecule has 0 unspecified atom stereocenters. The predicted molar refractivity (Wildman–Crippen MR) is 76.2 cm³/mol. The first-order valence-electron chi connectivity index (χ1n) is 6.43. The molecule has 0 radical (unpaired) electrons. The molecule has 1 aliphatic rings. The molecule has 0 bridgehead atoms. The summed E-state index contributed by atoms with van der Waals surface area (Å²) >= 11 is 6.29. The Morgan fingerprint density at radius 2 is 1.95 bits per heavy atom. The number of rotatable bonds is 2. The monoisotopic (exact) mass is 308 g/mol. The molecule has 0 fully saturated rings. The number of aromatic carboxylic acids is 1. The van der Waals surface area contributed by atoms with Crippen molar-refractivity contribution < 1.29 is 19.4 Å². The largest absolute Gasteiger partial charge is 0.490 e. The zero-order valence-electron chi connectivity index (χ0n) is 11.3. The van der Waals surface area contributed by atoms with Gasteiger partial charge in [-0.3, -0.25) is 4.68 Å². The Hall–Kier alpha value is -2.21. The van der Waals surface area contributed by atoms with Gasteiger partial charge in [0.25, 0.3) is 0 Å². The summed E-state index contributed by atoms with van der Waals surface area (Å²) in [4.78, 5) is 11.0. The van der Waals surface area contributed by atoms with Crippen molar-refractivity contribution in [3.63, 3.8) is 0 Å². The van der Waals surface area contributed by atoms with Crippen LogP contribution in [0.5, 0.6) is 11.5 Å². The van der Waals surface area contributed by atoms with Gasteiger partial charge in [0.1, 0.15) is 0 Å². The molecule has 0 saturated heterocycles. The number of carbonyl (C=O) groups is 1. The van der Waals surface area contributed by atoms with Crippen LogP contribution in [0.25, 0.3) is 11.3 Å². The van der Waals surface area contributed by atoms with Gasteiger partial charge in [-0.25, -0.2) is 4.79 Å². The van der Waals surface area contributed by atoms with Crippen molar-refractivity contribution in [2.45, 2.75) is 6.42 Å². The number of hydrogen-bond acceptors (Lipinski definition) is 4. The van der Waals surface area contributed by atoms with Gasteiger partial charge in [-0.15, -0.1) is 0 Å². The van der Waals surface area contributed by atoms with Crippen LogP contribution >= 0.6 is 11.6 Å². The molecule has 6 nitrogen and oxygen atoms in total. The molecule has 2 heterocycles. The van der Waals surface area contributed by atoms with Crippen molar-refractivity contribution in [1.82, 2.24) is 9.78 Å². The van der Waals surface area contributed by atoms with Gasteiger partial charge in [-0.1, -0.05) is 11.6 Å². The Balaban J connectivity index is 2.10. The van der Waals surface area contributed by atoms with E-state index in [1.165, 1.54) is 10.7 Å². The minimum absolute atomic E-state index is 0.0318. The van der Waals surface area contributed by atoms with Crippen LogP contribution in [0.2, 0.25) is 5.02 Å². The van der Waals surface area contributed by atoms with Gasteiger partial charge >= 0.3 is 5.97 Å². The van der Waals surface area contributed by atoms with E-state index in [0.717, 1.165) is 6.42 Å². The van der Waals surface area contributed by atoms with Crippen LogP contribution < -0.4 is 9.47 Å². The SMILES string of the molecule is Cn1nc(C(=O)O)cc1-c1cc2c(cc1Cl)OCCCO2. The molecule has 2 aromatic rings. The summed E-state index contributed by atoms with van der Waals surface area (Å²) in [6.45, 7) is 1.15. The number of halogens is 1. The molecular weight excluding hydrogens is 296 g/mol. The van der Waals surface area contributed by atoms with Gasteiger partial charge in [-0.05, 0) is 12.1 Å². The summed E-state index contributed by atoms with van der Waals surface area (Å²) < 4.78 is 12.7. The first-order valence-corrected chi connectivity index (χ1v) is 6.81. The van der Waals surface area contributed by atoms with Gasteiger partial charge in [-0.2, -0.15) is 5.10 Å². The van der Waals surface area contributed by atoms with Gasteiger partial charge in [0.2, 0.25) is 0 Å². The molecular formula is C14H13ClN2O4. The topological polar surface area (TPSA) is 73.6 Å². The number of hydrogen-bond donors (Lipinski definition) is 1. The van der Waals surface area contributed by atoms with Crippen LogP contribution in [0.15, 0.2) is 18.2 Å². The maximum absolute atomic E-state index is 11.0. The number of aromatic nitrogens is 2. The molecule has 7 heteroatoms. The molecule has 1 aliphatic heterocycles. The van der Waals surface area contributed by atoms with E-state index in [1.54, 1.807) is 19.2 Å². The van der Waals surface area contributed by atoms with E-state index in [9.17, 15) is 4.79 Å². The molecule has 0 amide bonds. The first kappa shape index (κ1) is 13.8. The van der Waals surface area contributed by atoms with E-state index in [2.05, 4.69) is 5.10 Å². The zero-order chi connectivity index (χ0) is 15.0. The molecule has 21 heavy (non-hydrogen) atoms. The number of benzene rings is 1. The maximum atomic E-state index is 11.0. The van der Waals surface area contributed by atoms with Crippen molar-refractivity contribution in [3.8, 4) is 22.8 Å². The Morgan fingerprint density at radius 1 is 1.29 bits per heavy atom. The number of nitrogens with zero attached hydrogens (tertiary/aromatic N) is 2. The van der Waals surface area contributed by atoms with Crippen molar-refractivity contribution in [2.24, 2.45) is 7.05 Å². The minimum atomic E-state index is -1.08. The van der Waals surface area contributed by atoms with Crippen molar-refractivity contribution in [2.75, 3.05) is 13.2 Å². The number of fused-ring (bicyclic) bond motifs is 1. The number of carboxylic acid groups (broad SMARTS) is 1. The van der Waals surface area contributed by atoms with E-state index >= 15 is 0 Å². The predicted octanol–water partition coefficient (Wildman–Crippen LogP) is 2.60. The molecule has 0 atom stereocenters. The highest BCUT2D eigenvalue weighted by Crippen LogP contribution is 2.39. The summed E-state index contributed by atoms with van der Waals surface area (Å²) in [7, 11) is 1.67. The van der Waals surface area contributed by atoms with Crippen LogP contribution in [0, 0.1) is 0 Å². The summed E-state index contributed by atoms with van der Waals surface area (Å²) in [6, 6.07) is 4.92. The number of ether oxygens (including phenoxy) is 2. The van der Waals surface area contributed by atoms with Crippen LogP contribution in [0.3, 0.4) is 0 Å². The van der Waals surface area contributed by atoms with Crippen LogP contribution in [0.4, 0.5) is 0 Å². The van der Waals surface area contributed by atoms with Crippen LogP contribution in [-0.2, 0) is 7.05 Å². The number of carboxylic acids is 1. The maximum Gasteiger partial charge on any atom is 0.356 e. The third kappa shape index (κ3) is 2.54. The summed E-state index contributed by atoms with van der Waals surface area (Å²) in [5.74, 6) is 0.120. The first-order chi connectivity index (χ1) is 10.1. The second kappa shape index (κ2) is 5.29. The second-order valence-corrected chi connectivity index (χ2v) is 5.08. The molecule has 1 N–H and O–H groups in total. The molecule has 1 aromatic carbocycles. The second-order valence-electron chi connectivity index (χ2n) is 4.67. The van der Waals surface area contributed by atoms with Crippen molar-refractivity contribution in [1.29, 1.82) is 0 Å². The Kier molecular flexibility index (Phi) is 3.47. The standard InChI is InChI=1S/C14H13ClN2O4/c1-17-11(7-10(16-17)14(18)19)8-5-12-13(6-9(8)15)21-4-2-3-20-12/h5-7H,2-4H2,1H3,(H,18,19). The average Bonchev–Trinajstić information content (AvgIpc) is 2.68.